The number of piperidine rings is 1. The number of fused-ring (bicyclic) bond motifs is 4. The summed E-state index contributed by atoms with van der Waals surface area (Å²) in [7, 11) is 2.29. The van der Waals surface area contributed by atoms with Crippen molar-refractivity contribution in [2.75, 3.05) is 13.6 Å². The Morgan fingerprint density at radius 2 is 2.05 bits per heavy atom. The van der Waals surface area contributed by atoms with Crippen LogP contribution in [0.5, 0.6) is 0 Å². The van der Waals surface area contributed by atoms with Gasteiger partial charge in [0.2, 0.25) is 0 Å². The second-order valence-electron chi connectivity index (χ2n) is 6.02. The molecule has 1 aromatic carbocycles. The maximum absolute atomic E-state index is 2.56. The van der Waals surface area contributed by atoms with Gasteiger partial charge < -0.3 is 4.90 Å². The zero-order chi connectivity index (χ0) is 12.9. The second kappa shape index (κ2) is 4.19. The number of nitrogens with zero attached hydrogens (tertiary/aromatic N) is 1. The van der Waals surface area contributed by atoms with Crippen molar-refractivity contribution < 1.29 is 0 Å². The molecule has 0 saturated carbocycles. The highest BCUT2D eigenvalue weighted by atomic mass is 32.1. The molecule has 19 heavy (non-hydrogen) atoms. The molecule has 2 aromatic rings. The molecule has 1 unspecified atom stereocenters. The summed E-state index contributed by atoms with van der Waals surface area (Å²) in [6, 6.07) is 14.2. The first-order valence-corrected chi connectivity index (χ1v) is 8.00. The van der Waals surface area contributed by atoms with Crippen LogP contribution in [0.15, 0.2) is 41.8 Å². The molecule has 0 radical (unpaired) electrons. The van der Waals surface area contributed by atoms with Gasteiger partial charge in [0.05, 0.1) is 0 Å². The molecule has 2 heteroatoms. The van der Waals surface area contributed by atoms with E-state index in [1.54, 1.807) is 10.4 Å². The van der Waals surface area contributed by atoms with Crippen LogP contribution in [0.1, 0.15) is 28.8 Å². The van der Waals surface area contributed by atoms with Gasteiger partial charge in [0.15, 0.2) is 0 Å². The van der Waals surface area contributed by atoms with Crippen LogP contribution in [0.3, 0.4) is 0 Å². The van der Waals surface area contributed by atoms with Gasteiger partial charge in [0.25, 0.3) is 0 Å². The van der Waals surface area contributed by atoms with Gasteiger partial charge in [-0.3, -0.25) is 0 Å². The average Bonchev–Trinajstić information content (AvgIpc) is 2.93. The van der Waals surface area contributed by atoms with Crippen LogP contribution in [0.4, 0.5) is 0 Å². The minimum Gasteiger partial charge on any atom is -0.303 e. The standard InChI is InChI=1S/C17H19NS/c1-18-9-8-17(14-5-3-2-4-6-14)12-15(18)11-13-7-10-19-16(13)17/h2-7,10,15H,8-9,11-12H2,1H3/t15?,17-/m1/s1. The van der Waals surface area contributed by atoms with Crippen molar-refractivity contribution in [3.8, 4) is 0 Å². The molecule has 1 aromatic heterocycles. The van der Waals surface area contributed by atoms with E-state index in [1.807, 2.05) is 11.3 Å². The van der Waals surface area contributed by atoms with Crippen LogP contribution in [0, 0.1) is 0 Å². The van der Waals surface area contributed by atoms with Gasteiger partial charge in [0, 0.05) is 16.3 Å². The zero-order valence-corrected chi connectivity index (χ0v) is 12.1. The molecule has 0 spiro atoms. The van der Waals surface area contributed by atoms with E-state index in [2.05, 4.69) is 53.7 Å². The first-order valence-electron chi connectivity index (χ1n) is 7.12. The summed E-state index contributed by atoms with van der Waals surface area (Å²) in [5.74, 6) is 0. The Morgan fingerprint density at radius 1 is 1.21 bits per heavy atom. The Hall–Kier alpha value is -1.12. The van der Waals surface area contributed by atoms with E-state index in [-0.39, 0.29) is 0 Å². The average molecular weight is 269 g/mol. The van der Waals surface area contributed by atoms with E-state index in [1.165, 1.54) is 31.4 Å². The maximum Gasteiger partial charge on any atom is 0.0326 e. The fourth-order valence-corrected chi connectivity index (χ4v) is 5.16. The molecule has 2 atom stereocenters. The number of likely N-dealkylation sites (tertiary alicyclic amines) is 1. The van der Waals surface area contributed by atoms with Crippen molar-refractivity contribution in [3.63, 3.8) is 0 Å². The van der Waals surface area contributed by atoms with Gasteiger partial charge in [0.1, 0.15) is 0 Å². The third-order valence-electron chi connectivity index (χ3n) is 5.06. The van der Waals surface area contributed by atoms with E-state index in [9.17, 15) is 0 Å². The number of hydrogen-bond acceptors (Lipinski definition) is 2. The largest absolute Gasteiger partial charge is 0.303 e. The summed E-state index contributed by atoms with van der Waals surface area (Å²) in [6.07, 6.45) is 3.79. The predicted octanol–water partition coefficient (Wildman–Crippen LogP) is 3.68. The SMILES string of the molecule is CN1CC[C@]2(c3ccccc3)CC1Cc1ccsc12. The van der Waals surface area contributed by atoms with Crippen LogP contribution in [0.2, 0.25) is 0 Å². The number of rotatable bonds is 1. The molecule has 0 N–H and O–H groups in total. The van der Waals surface area contributed by atoms with Crippen LogP contribution < -0.4 is 0 Å². The van der Waals surface area contributed by atoms with Gasteiger partial charge in [-0.2, -0.15) is 0 Å². The fourth-order valence-electron chi connectivity index (χ4n) is 3.96. The molecule has 1 aliphatic heterocycles. The minimum atomic E-state index is 0.292. The Labute approximate surface area is 118 Å². The summed E-state index contributed by atoms with van der Waals surface area (Å²) >= 11 is 1.97. The van der Waals surface area contributed by atoms with Crippen LogP contribution in [-0.4, -0.2) is 24.5 Å². The summed E-state index contributed by atoms with van der Waals surface area (Å²) in [6.45, 7) is 1.22. The number of likely N-dealkylation sites (N-methyl/N-ethyl adjacent to an activating group) is 1. The lowest BCUT2D eigenvalue weighted by molar-refractivity contribution is 0.125. The smallest absolute Gasteiger partial charge is 0.0326 e. The lowest BCUT2D eigenvalue weighted by Gasteiger charge is -2.49. The minimum absolute atomic E-state index is 0.292. The lowest BCUT2D eigenvalue weighted by atomic mass is 9.64. The normalized spacial score (nSPS) is 30.1. The van der Waals surface area contributed by atoms with Crippen molar-refractivity contribution in [1.82, 2.24) is 4.90 Å². The van der Waals surface area contributed by atoms with E-state index < -0.39 is 0 Å². The molecule has 1 aliphatic carbocycles. The Kier molecular flexibility index (Phi) is 2.58. The van der Waals surface area contributed by atoms with Crippen molar-refractivity contribution in [2.45, 2.75) is 30.7 Å². The van der Waals surface area contributed by atoms with Gasteiger partial charge in [-0.1, -0.05) is 30.3 Å². The van der Waals surface area contributed by atoms with E-state index in [4.69, 9.17) is 0 Å². The maximum atomic E-state index is 2.56. The molecule has 4 rings (SSSR count). The van der Waals surface area contributed by atoms with Crippen molar-refractivity contribution >= 4 is 11.3 Å². The first-order chi connectivity index (χ1) is 9.29. The molecule has 1 nitrogen and oxygen atoms in total. The highest BCUT2D eigenvalue weighted by molar-refractivity contribution is 7.10. The number of benzene rings is 1. The Balaban J connectivity index is 1.91. The zero-order valence-electron chi connectivity index (χ0n) is 11.3. The molecule has 1 fully saturated rings. The molecule has 0 amide bonds. The Bertz CT molecular complexity index is 588. The van der Waals surface area contributed by atoms with Gasteiger partial charge in [-0.25, -0.2) is 0 Å². The van der Waals surface area contributed by atoms with Crippen molar-refractivity contribution in [2.24, 2.45) is 0 Å². The fraction of sp³-hybridized carbons (Fsp3) is 0.412. The van der Waals surface area contributed by atoms with Crippen molar-refractivity contribution in [1.29, 1.82) is 0 Å². The highest BCUT2D eigenvalue weighted by Gasteiger charge is 2.46. The third kappa shape index (κ3) is 1.63. The van der Waals surface area contributed by atoms with Gasteiger partial charge in [-0.05, 0) is 55.4 Å². The first kappa shape index (κ1) is 11.7. The highest BCUT2D eigenvalue weighted by Crippen LogP contribution is 2.50. The summed E-state index contributed by atoms with van der Waals surface area (Å²) in [5, 5.41) is 2.29. The monoisotopic (exact) mass is 269 g/mol. The van der Waals surface area contributed by atoms with E-state index in [0.29, 0.717) is 5.41 Å². The van der Waals surface area contributed by atoms with Crippen LogP contribution in [-0.2, 0) is 11.8 Å². The van der Waals surface area contributed by atoms with Gasteiger partial charge >= 0.3 is 0 Å². The quantitative estimate of drug-likeness (QED) is 0.763. The molecule has 98 valence electrons. The van der Waals surface area contributed by atoms with Crippen molar-refractivity contribution in [3.05, 3.63) is 57.8 Å². The summed E-state index contributed by atoms with van der Waals surface area (Å²) in [4.78, 5) is 4.20. The number of hydrogen-bond donors (Lipinski definition) is 0. The Morgan fingerprint density at radius 3 is 2.89 bits per heavy atom. The molecular formula is C17H19NS. The third-order valence-corrected chi connectivity index (χ3v) is 6.22. The lowest BCUT2D eigenvalue weighted by Crippen LogP contribution is -2.51. The molecular weight excluding hydrogens is 250 g/mol. The van der Waals surface area contributed by atoms with Crippen LogP contribution in [0.25, 0.3) is 0 Å². The predicted molar refractivity (Wildman–Crippen MR) is 80.9 cm³/mol. The number of thiophene rings is 1. The van der Waals surface area contributed by atoms with Crippen LogP contribution >= 0.6 is 11.3 Å². The molecule has 2 aliphatic rings. The van der Waals surface area contributed by atoms with E-state index in [0.717, 1.165) is 6.04 Å². The topological polar surface area (TPSA) is 3.24 Å². The summed E-state index contributed by atoms with van der Waals surface area (Å²) < 4.78 is 0. The van der Waals surface area contributed by atoms with E-state index >= 15 is 0 Å². The molecule has 2 bridgehead atoms. The second-order valence-corrected chi connectivity index (χ2v) is 6.93. The molecule has 2 heterocycles. The van der Waals surface area contributed by atoms with Gasteiger partial charge in [-0.15, -0.1) is 11.3 Å². The molecule has 1 saturated heterocycles. The summed E-state index contributed by atoms with van der Waals surface area (Å²) in [5.41, 5.74) is 3.41.